The minimum atomic E-state index is -0.963. The number of carbonyl (C=O) groups is 1. The first-order chi connectivity index (χ1) is 4.63. The number of aliphatic hydroxyl groups excluding tert-OH is 1. The van der Waals surface area contributed by atoms with Gasteiger partial charge in [0.2, 0.25) is 5.91 Å². The monoisotopic (exact) mass is 145 g/mol. The summed E-state index contributed by atoms with van der Waals surface area (Å²) in [6.07, 6.45) is 0.622. The van der Waals surface area contributed by atoms with Gasteiger partial charge in [0.25, 0.3) is 0 Å². The van der Waals surface area contributed by atoms with Crippen LogP contribution in [0.5, 0.6) is 0 Å². The lowest BCUT2D eigenvalue weighted by Crippen LogP contribution is -2.34. The number of amides is 1. The molecule has 0 bridgehead atoms. The van der Waals surface area contributed by atoms with Crippen LogP contribution < -0.4 is 5.73 Å². The van der Waals surface area contributed by atoms with Crippen LogP contribution in [0.25, 0.3) is 0 Å². The summed E-state index contributed by atoms with van der Waals surface area (Å²) in [5, 5.41) is 9.11. The molecule has 10 heavy (non-hydrogen) atoms. The van der Waals surface area contributed by atoms with Crippen molar-refractivity contribution in [2.75, 3.05) is 0 Å². The van der Waals surface area contributed by atoms with E-state index in [2.05, 4.69) is 0 Å². The molecule has 0 heterocycles. The summed E-state index contributed by atoms with van der Waals surface area (Å²) in [7, 11) is 0. The van der Waals surface area contributed by atoms with Crippen molar-refractivity contribution in [2.45, 2.75) is 32.8 Å². The molecule has 0 rings (SSSR count). The van der Waals surface area contributed by atoms with Gasteiger partial charge in [-0.05, 0) is 5.92 Å². The predicted octanol–water partition coefficient (Wildman–Crippen LogP) is 0.269. The number of carbonyl (C=O) groups excluding carboxylic acids is 1. The summed E-state index contributed by atoms with van der Waals surface area (Å²) in [6, 6.07) is 0. The van der Waals surface area contributed by atoms with Crippen LogP contribution in [-0.4, -0.2) is 17.1 Å². The lowest BCUT2D eigenvalue weighted by Gasteiger charge is -2.15. The number of hydrogen-bond acceptors (Lipinski definition) is 2. The molecule has 3 N–H and O–H groups in total. The number of nitrogens with two attached hydrogens (primary N) is 1. The van der Waals surface area contributed by atoms with Gasteiger partial charge in [0, 0.05) is 0 Å². The van der Waals surface area contributed by atoms with Crippen molar-refractivity contribution >= 4 is 5.91 Å². The molecule has 0 aromatic heterocycles. The van der Waals surface area contributed by atoms with Crippen LogP contribution in [-0.2, 0) is 4.79 Å². The summed E-state index contributed by atoms with van der Waals surface area (Å²) in [6.45, 7) is 3.86. The summed E-state index contributed by atoms with van der Waals surface area (Å²) in [5.41, 5.74) is 4.90. The van der Waals surface area contributed by atoms with E-state index in [9.17, 15) is 4.79 Å². The molecule has 0 aromatic rings. The third-order valence-electron chi connectivity index (χ3n) is 1.79. The van der Waals surface area contributed by atoms with Gasteiger partial charge in [-0.25, -0.2) is 0 Å². The van der Waals surface area contributed by atoms with Gasteiger partial charge >= 0.3 is 0 Å². The van der Waals surface area contributed by atoms with Crippen molar-refractivity contribution in [3.63, 3.8) is 0 Å². The fourth-order valence-electron chi connectivity index (χ4n) is 0.968. The van der Waals surface area contributed by atoms with Crippen molar-refractivity contribution in [1.82, 2.24) is 0 Å². The van der Waals surface area contributed by atoms with Gasteiger partial charge in [-0.2, -0.15) is 0 Å². The minimum Gasteiger partial charge on any atom is -0.383 e. The third kappa shape index (κ3) is 2.35. The average Bonchev–Trinajstić information content (AvgIpc) is 1.90. The first kappa shape index (κ1) is 9.43. The molecule has 0 aromatic carbocycles. The molecule has 0 spiro atoms. The Morgan fingerprint density at radius 1 is 1.50 bits per heavy atom. The Morgan fingerprint density at radius 2 is 1.90 bits per heavy atom. The maximum atomic E-state index is 10.4. The SMILES string of the molecule is CCC(CC)C(O)C(N)=O. The smallest absolute Gasteiger partial charge is 0.246 e. The molecule has 0 aliphatic heterocycles. The zero-order valence-corrected chi connectivity index (χ0v) is 6.50. The van der Waals surface area contributed by atoms with Gasteiger partial charge in [0.15, 0.2) is 0 Å². The van der Waals surface area contributed by atoms with Crippen molar-refractivity contribution < 1.29 is 9.90 Å². The molecule has 0 saturated heterocycles. The van der Waals surface area contributed by atoms with Crippen LogP contribution >= 0.6 is 0 Å². The average molecular weight is 145 g/mol. The van der Waals surface area contributed by atoms with Gasteiger partial charge in [-0.3, -0.25) is 4.79 Å². The quantitative estimate of drug-likeness (QED) is 0.596. The Bertz CT molecular complexity index is 110. The van der Waals surface area contributed by atoms with E-state index in [1.807, 2.05) is 13.8 Å². The van der Waals surface area contributed by atoms with Gasteiger partial charge < -0.3 is 10.8 Å². The van der Waals surface area contributed by atoms with Crippen LogP contribution in [0, 0.1) is 5.92 Å². The molecule has 3 heteroatoms. The molecule has 60 valence electrons. The van der Waals surface area contributed by atoms with Crippen molar-refractivity contribution in [3.8, 4) is 0 Å². The topological polar surface area (TPSA) is 63.3 Å². The van der Waals surface area contributed by atoms with Crippen LogP contribution in [0.2, 0.25) is 0 Å². The van der Waals surface area contributed by atoms with Crippen LogP contribution in [0.4, 0.5) is 0 Å². The van der Waals surface area contributed by atoms with Crippen LogP contribution in [0.15, 0.2) is 0 Å². The van der Waals surface area contributed by atoms with Crippen LogP contribution in [0.1, 0.15) is 26.7 Å². The maximum absolute atomic E-state index is 10.4. The minimum absolute atomic E-state index is 0.0255. The van der Waals surface area contributed by atoms with Crippen molar-refractivity contribution in [3.05, 3.63) is 0 Å². The maximum Gasteiger partial charge on any atom is 0.246 e. The Morgan fingerprint density at radius 3 is 2.00 bits per heavy atom. The number of primary amides is 1. The van der Waals surface area contributed by atoms with Crippen molar-refractivity contribution in [1.29, 1.82) is 0 Å². The molecule has 0 fully saturated rings. The number of hydrogen-bond donors (Lipinski definition) is 2. The number of aliphatic hydroxyl groups is 1. The van der Waals surface area contributed by atoms with E-state index >= 15 is 0 Å². The Kier molecular flexibility index (Phi) is 4.03. The van der Waals surface area contributed by atoms with Crippen LogP contribution in [0.3, 0.4) is 0 Å². The zero-order chi connectivity index (χ0) is 8.15. The molecule has 1 amide bonds. The van der Waals surface area contributed by atoms with E-state index in [1.165, 1.54) is 0 Å². The fraction of sp³-hybridized carbons (Fsp3) is 0.857. The molecule has 0 radical (unpaired) electrons. The Hall–Kier alpha value is -0.570. The lowest BCUT2D eigenvalue weighted by atomic mass is 9.96. The zero-order valence-electron chi connectivity index (χ0n) is 6.50. The standard InChI is InChI=1S/C7H15NO2/c1-3-5(4-2)6(9)7(8)10/h5-6,9H,3-4H2,1-2H3,(H2,8,10). The molecular weight excluding hydrogens is 130 g/mol. The second-order valence-electron chi connectivity index (χ2n) is 2.42. The van der Waals surface area contributed by atoms with E-state index in [4.69, 9.17) is 10.8 Å². The molecule has 0 aliphatic carbocycles. The lowest BCUT2D eigenvalue weighted by molar-refractivity contribution is -0.128. The highest BCUT2D eigenvalue weighted by Crippen LogP contribution is 2.11. The van der Waals surface area contributed by atoms with E-state index in [0.29, 0.717) is 0 Å². The summed E-state index contributed by atoms with van der Waals surface area (Å²) in [4.78, 5) is 10.4. The third-order valence-corrected chi connectivity index (χ3v) is 1.79. The summed E-state index contributed by atoms with van der Waals surface area (Å²) >= 11 is 0. The fourth-order valence-corrected chi connectivity index (χ4v) is 0.968. The van der Waals surface area contributed by atoms with E-state index in [-0.39, 0.29) is 5.92 Å². The van der Waals surface area contributed by atoms with Gasteiger partial charge in [0.1, 0.15) is 6.10 Å². The Labute approximate surface area is 61.2 Å². The highest BCUT2D eigenvalue weighted by molar-refractivity contribution is 5.78. The molecule has 1 atom stereocenters. The molecule has 3 nitrogen and oxygen atoms in total. The highest BCUT2D eigenvalue weighted by Gasteiger charge is 2.19. The largest absolute Gasteiger partial charge is 0.383 e. The first-order valence-electron chi connectivity index (χ1n) is 3.60. The second-order valence-corrected chi connectivity index (χ2v) is 2.42. The van der Waals surface area contributed by atoms with E-state index in [0.717, 1.165) is 12.8 Å². The second kappa shape index (κ2) is 4.28. The van der Waals surface area contributed by atoms with E-state index < -0.39 is 12.0 Å². The summed E-state index contributed by atoms with van der Waals surface area (Å²) < 4.78 is 0. The molecular formula is C7H15NO2. The summed E-state index contributed by atoms with van der Waals surface area (Å²) in [5.74, 6) is -0.591. The highest BCUT2D eigenvalue weighted by atomic mass is 16.3. The van der Waals surface area contributed by atoms with Crippen molar-refractivity contribution in [2.24, 2.45) is 11.7 Å². The number of rotatable bonds is 4. The molecule has 1 unspecified atom stereocenters. The first-order valence-corrected chi connectivity index (χ1v) is 3.60. The van der Waals surface area contributed by atoms with Gasteiger partial charge in [-0.1, -0.05) is 26.7 Å². The Balaban J connectivity index is 3.88. The molecule has 0 saturated carbocycles. The van der Waals surface area contributed by atoms with E-state index in [1.54, 1.807) is 0 Å². The van der Waals surface area contributed by atoms with Gasteiger partial charge in [-0.15, -0.1) is 0 Å². The molecule has 0 aliphatic rings. The van der Waals surface area contributed by atoms with Gasteiger partial charge in [0.05, 0.1) is 0 Å². The predicted molar refractivity (Wildman–Crippen MR) is 39.3 cm³/mol. The normalized spacial score (nSPS) is 13.6.